The second kappa shape index (κ2) is 14.4. The highest BCUT2D eigenvalue weighted by atomic mass is 19.4. The number of nitrogens with zero attached hydrogens (tertiary/aromatic N) is 2. The Balaban J connectivity index is 1.25. The van der Waals surface area contributed by atoms with Crippen LogP contribution in [-0.2, 0) is 15.7 Å². The fourth-order valence-electron chi connectivity index (χ4n) is 5.59. The number of ether oxygens (including phenoxy) is 1. The number of benzene rings is 4. The molecule has 45 heavy (non-hydrogen) atoms. The van der Waals surface area contributed by atoms with Gasteiger partial charge < -0.3 is 15.0 Å². The van der Waals surface area contributed by atoms with Gasteiger partial charge in [0.15, 0.2) is 0 Å². The van der Waals surface area contributed by atoms with E-state index in [0.717, 1.165) is 55.9 Å². The van der Waals surface area contributed by atoms with Gasteiger partial charge in [0.1, 0.15) is 6.04 Å². The fraction of sp³-hybridized carbons (Fsp3) is 0.278. The van der Waals surface area contributed by atoms with Crippen LogP contribution in [0.15, 0.2) is 103 Å². The Labute approximate surface area is 261 Å². The Morgan fingerprint density at radius 1 is 0.822 bits per heavy atom. The van der Waals surface area contributed by atoms with Gasteiger partial charge in [-0.25, -0.2) is 4.79 Å². The van der Waals surface area contributed by atoms with Crippen molar-refractivity contribution in [2.45, 2.75) is 32.0 Å². The number of rotatable bonds is 9. The average molecular weight is 616 g/mol. The number of hydrogen-bond acceptors (Lipinski definition) is 5. The van der Waals surface area contributed by atoms with E-state index in [4.69, 9.17) is 4.74 Å². The van der Waals surface area contributed by atoms with E-state index in [2.05, 4.69) is 15.1 Å². The Bertz CT molecular complexity index is 1580. The Hall–Kier alpha value is -4.63. The third-order valence-electron chi connectivity index (χ3n) is 7.87. The Morgan fingerprint density at radius 3 is 2.20 bits per heavy atom. The Morgan fingerprint density at radius 2 is 1.51 bits per heavy atom. The summed E-state index contributed by atoms with van der Waals surface area (Å²) >= 11 is 0. The van der Waals surface area contributed by atoms with Crippen molar-refractivity contribution >= 4 is 23.3 Å². The van der Waals surface area contributed by atoms with E-state index in [1.54, 1.807) is 24.3 Å². The van der Waals surface area contributed by atoms with Crippen molar-refractivity contribution in [3.63, 3.8) is 0 Å². The van der Waals surface area contributed by atoms with Gasteiger partial charge in [-0.05, 0) is 72.0 Å². The predicted molar refractivity (Wildman–Crippen MR) is 170 cm³/mol. The van der Waals surface area contributed by atoms with Crippen LogP contribution in [0.5, 0.6) is 0 Å². The van der Waals surface area contributed by atoms with Crippen LogP contribution in [0, 0.1) is 0 Å². The van der Waals surface area contributed by atoms with E-state index in [-0.39, 0.29) is 11.9 Å². The first-order chi connectivity index (χ1) is 21.7. The van der Waals surface area contributed by atoms with Crippen LogP contribution in [0.4, 0.5) is 24.5 Å². The molecule has 5 rings (SSSR count). The van der Waals surface area contributed by atoms with E-state index in [9.17, 15) is 22.8 Å². The molecule has 1 unspecified atom stereocenters. The molecule has 1 fully saturated rings. The van der Waals surface area contributed by atoms with Gasteiger partial charge >= 0.3 is 12.1 Å². The summed E-state index contributed by atoms with van der Waals surface area (Å²) in [7, 11) is 0. The zero-order valence-electron chi connectivity index (χ0n) is 25.1. The zero-order valence-corrected chi connectivity index (χ0v) is 25.1. The van der Waals surface area contributed by atoms with Crippen molar-refractivity contribution in [2.24, 2.45) is 0 Å². The maximum Gasteiger partial charge on any atom is 0.416 e. The number of carbonyl (C=O) groups excluding carboxylic acids is 2. The number of alkyl halides is 3. The number of carbonyl (C=O) groups is 2. The summed E-state index contributed by atoms with van der Waals surface area (Å²) in [6, 6.07) is 28.5. The minimum atomic E-state index is -4.43. The minimum absolute atomic E-state index is 0.225. The van der Waals surface area contributed by atoms with Crippen LogP contribution < -0.4 is 10.2 Å². The molecule has 9 heteroatoms. The van der Waals surface area contributed by atoms with Gasteiger partial charge in [0.25, 0.3) is 5.91 Å². The van der Waals surface area contributed by atoms with Crippen molar-refractivity contribution < 1.29 is 27.5 Å². The smallest absolute Gasteiger partial charge is 0.416 e. The number of amides is 1. The van der Waals surface area contributed by atoms with E-state index in [1.807, 2.05) is 61.5 Å². The lowest BCUT2D eigenvalue weighted by atomic mass is 9.98. The molecular formula is C36H36F3N3O3. The molecule has 4 aromatic carbocycles. The molecule has 0 radical (unpaired) electrons. The quantitative estimate of drug-likeness (QED) is 0.195. The van der Waals surface area contributed by atoms with E-state index in [1.165, 1.54) is 12.1 Å². The van der Waals surface area contributed by atoms with Gasteiger partial charge in [-0.15, -0.1) is 0 Å². The molecule has 0 aromatic heterocycles. The summed E-state index contributed by atoms with van der Waals surface area (Å²) in [5, 5.41) is 2.92. The highest BCUT2D eigenvalue weighted by Gasteiger charge is 2.31. The van der Waals surface area contributed by atoms with E-state index in [0.29, 0.717) is 35.5 Å². The minimum Gasteiger partial charge on any atom is -0.464 e. The number of halogens is 3. The van der Waals surface area contributed by atoms with Crippen molar-refractivity contribution in [3.8, 4) is 11.1 Å². The van der Waals surface area contributed by atoms with Crippen LogP contribution in [0.1, 0.15) is 47.3 Å². The molecule has 1 heterocycles. The van der Waals surface area contributed by atoms with Crippen molar-refractivity contribution in [1.82, 2.24) is 4.90 Å². The van der Waals surface area contributed by atoms with Gasteiger partial charge in [0.05, 0.1) is 12.2 Å². The van der Waals surface area contributed by atoms with Crippen LogP contribution in [0.2, 0.25) is 0 Å². The standard InChI is InChI=1S/C36H36F3N3O3/c1-2-25-45-35(44)33(27-9-4-3-5-10-27)42-22-8-21-41(23-24-42)30-19-17-29(18-20-30)40-34(43)32-12-7-6-11-31(32)26-13-15-28(16-14-26)36(37,38)39/h3-7,9-20,33H,2,8,21-25H2,1H3,(H,40,43). The second-order valence-corrected chi connectivity index (χ2v) is 11.0. The highest BCUT2D eigenvalue weighted by Crippen LogP contribution is 2.32. The molecule has 1 saturated heterocycles. The van der Waals surface area contributed by atoms with Gasteiger partial charge in [0, 0.05) is 43.1 Å². The second-order valence-electron chi connectivity index (χ2n) is 11.0. The monoisotopic (exact) mass is 615 g/mol. The molecule has 4 aromatic rings. The molecule has 1 atom stereocenters. The third-order valence-corrected chi connectivity index (χ3v) is 7.87. The Kier molecular flexibility index (Phi) is 10.2. The summed E-state index contributed by atoms with van der Waals surface area (Å²) in [5.41, 5.74) is 3.21. The van der Waals surface area contributed by atoms with Gasteiger partial charge in [-0.3, -0.25) is 9.69 Å². The number of esters is 1. The molecule has 1 aliphatic heterocycles. The average Bonchev–Trinajstić information content (AvgIpc) is 3.30. The zero-order chi connectivity index (χ0) is 31.8. The maximum absolute atomic E-state index is 13.3. The number of hydrogen-bond donors (Lipinski definition) is 1. The molecular weight excluding hydrogens is 579 g/mol. The molecule has 1 amide bonds. The van der Waals surface area contributed by atoms with E-state index >= 15 is 0 Å². The molecule has 1 aliphatic rings. The topological polar surface area (TPSA) is 61.9 Å². The fourth-order valence-corrected chi connectivity index (χ4v) is 5.59. The number of nitrogens with one attached hydrogen (secondary N) is 1. The van der Waals surface area contributed by atoms with Crippen molar-refractivity contribution in [2.75, 3.05) is 43.0 Å². The lowest BCUT2D eigenvalue weighted by Crippen LogP contribution is -2.38. The number of anilines is 2. The molecule has 234 valence electrons. The first kappa shape index (κ1) is 31.8. The van der Waals surface area contributed by atoms with Crippen LogP contribution >= 0.6 is 0 Å². The first-order valence-electron chi connectivity index (χ1n) is 15.1. The van der Waals surface area contributed by atoms with Crippen molar-refractivity contribution in [3.05, 3.63) is 120 Å². The van der Waals surface area contributed by atoms with Crippen LogP contribution in [0.3, 0.4) is 0 Å². The highest BCUT2D eigenvalue weighted by molar-refractivity contribution is 6.08. The van der Waals surface area contributed by atoms with Crippen LogP contribution in [-0.4, -0.2) is 49.6 Å². The molecule has 1 N–H and O–H groups in total. The maximum atomic E-state index is 13.3. The summed E-state index contributed by atoms with van der Waals surface area (Å²) in [4.78, 5) is 30.8. The van der Waals surface area contributed by atoms with E-state index < -0.39 is 17.8 Å². The van der Waals surface area contributed by atoms with Gasteiger partial charge in [-0.2, -0.15) is 13.2 Å². The summed E-state index contributed by atoms with van der Waals surface area (Å²) in [6.45, 7) is 5.34. The summed E-state index contributed by atoms with van der Waals surface area (Å²) in [6.07, 6.45) is -2.80. The molecule has 0 bridgehead atoms. The lowest BCUT2D eigenvalue weighted by Gasteiger charge is -2.29. The molecule has 6 nitrogen and oxygen atoms in total. The van der Waals surface area contributed by atoms with Crippen LogP contribution in [0.25, 0.3) is 11.1 Å². The predicted octanol–water partition coefficient (Wildman–Crippen LogP) is 7.83. The third kappa shape index (κ3) is 7.91. The lowest BCUT2D eigenvalue weighted by molar-refractivity contribution is -0.150. The molecule has 0 aliphatic carbocycles. The normalized spacial score (nSPS) is 14.8. The molecule has 0 saturated carbocycles. The SMILES string of the molecule is CCCOC(=O)C(c1ccccc1)N1CCCN(c2ccc(NC(=O)c3ccccc3-c3ccc(C(F)(F)F)cc3)cc2)CC1. The first-order valence-corrected chi connectivity index (χ1v) is 15.1. The summed E-state index contributed by atoms with van der Waals surface area (Å²) < 4.78 is 44.7. The van der Waals surface area contributed by atoms with Gasteiger partial charge in [0.2, 0.25) is 0 Å². The molecule has 0 spiro atoms. The largest absolute Gasteiger partial charge is 0.464 e. The van der Waals surface area contributed by atoms with Crippen molar-refractivity contribution in [1.29, 1.82) is 0 Å². The summed E-state index contributed by atoms with van der Waals surface area (Å²) in [5.74, 6) is -0.581. The van der Waals surface area contributed by atoms with Gasteiger partial charge in [-0.1, -0.05) is 67.6 Å².